The molecule has 1 unspecified atom stereocenters. The van der Waals surface area contributed by atoms with Crippen LogP contribution in [0.4, 0.5) is 10.1 Å². The van der Waals surface area contributed by atoms with E-state index in [0.717, 1.165) is 50.3 Å². The van der Waals surface area contributed by atoms with Gasteiger partial charge in [0.2, 0.25) is 10.0 Å². The standard InChI is InChI=1S/C23H29FN4O3S/c1-16(21-15-18(24)5-10-22(21)28-13-11-27(2)12-14-28)25-23(29)17-3-8-20(9-4-17)32(30,31)26-19-6-7-19/h3-5,8-10,15-16,19,26H,6-7,11-14H2,1-2H3,(H,25,29). The van der Waals surface area contributed by atoms with Crippen molar-refractivity contribution in [1.29, 1.82) is 0 Å². The number of nitrogens with one attached hydrogen (secondary N) is 2. The second-order valence-corrected chi connectivity index (χ2v) is 10.3. The molecule has 1 aliphatic carbocycles. The molecular formula is C23H29FN4O3S. The molecule has 9 heteroatoms. The lowest BCUT2D eigenvalue weighted by molar-refractivity contribution is 0.0939. The molecular weight excluding hydrogens is 431 g/mol. The molecule has 7 nitrogen and oxygen atoms in total. The Bertz CT molecular complexity index is 1080. The van der Waals surface area contributed by atoms with Crippen molar-refractivity contribution in [3.8, 4) is 0 Å². The second kappa shape index (κ2) is 9.17. The highest BCUT2D eigenvalue weighted by atomic mass is 32.2. The minimum Gasteiger partial charge on any atom is -0.369 e. The molecule has 4 rings (SSSR count). The van der Waals surface area contributed by atoms with Gasteiger partial charge in [0.05, 0.1) is 10.9 Å². The fourth-order valence-electron chi connectivity index (χ4n) is 3.84. The summed E-state index contributed by atoms with van der Waals surface area (Å²) in [6.45, 7) is 5.33. The molecule has 32 heavy (non-hydrogen) atoms. The summed E-state index contributed by atoms with van der Waals surface area (Å²) in [7, 11) is -1.49. The van der Waals surface area contributed by atoms with E-state index in [0.29, 0.717) is 5.56 Å². The van der Waals surface area contributed by atoms with Crippen LogP contribution in [0, 0.1) is 5.82 Å². The summed E-state index contributed by atoms with van der Waals surface area (Å²) >= 11 is 0. The molecule has 1 heterocycles. The van der Waals surface area contributed by atoms with Crippen LogP contribution in [0.3, 0.4) is 0 Å². The Morgan fingerprint density at radius 3 is 2.34 bits per heavy atom. The molecule has 2 aromatic carbocycles. The molecule has 0 bridgehead atoms. The van der Waals surface area contributed by atoms with E-state index in [1.807, 2.05) is 6.92 Å². The van der Waals surface area contributed by atoms with Gasteiger partial charge in [-0.15, -0.1) is 0 Å². The van der Waals surface area contributed by atoms with Gasteiger partial charge in [0.15, 0.2) is 0 Å². The van der Waals surface area contributed by atoms with E-state index in [4.69, 9.17) is 0 Å². The lowest BCUT2D eigenvalue weighted by atomic mass is 10.0. The van der Waals surface area contributed by atoms with Gasteiger partial charge in [-0.2, -0.15) is 0 Å². The number of sulfonamides is 1. The Labute approximate surface area is 188 Å². The number of hydrogen-bond acceptors (Lipinski definition) is 5. The fraction of sp³-hybridized carbons (Fsp3) is 0.435. The third-order valence-electron chi connectivity index (χ3n) is 5.97. The van der Waals surface area contributed by atoms with E-state index < -0.39 is 16.1 Å². The zero-order chi connectivity index (χ0) is 22.9. The first-order valence-electron chi connectivity index (χ1n) is 10.9. The number of hydrogen-bond donors (Lipinski definition) is 2. The highest BCUT2D eigenvalue weighted by Gasteiger charge is 2.28. The summed E-state index contributed by atoms with van der Waals surface area (Å²) in [5, 5.41) is 2.92. The summed E-state index contributed by atoms with van der Waals surface area (Å²) in [6.07, 6.45) is 1.71. The molecule has 0 radical (unpaired) electrons. The quantitative estimate of drug-likeness (QED) is 0.664. The van der Waals surface area contributed by atoms with E-state index in [2.05, 4.69) is 26.9 Å². The highest BCUT2D eigenvalue weighted by Crippen LogP contribution is 2.29. The predicted octanol–water partition coefficient (Wildman–Crippen LogP) is 2.51. The molecule has 1 amide bonds. The molecule has 2 fully saturated rings. The van der Waals surface area contributed by atoms with Crippen LogP contribution in [-0.2, 0) is 10.0 Å². The van der Waals surface area contributed by atoms with Crippen molar-refractivity contribution < 1.29 is 17.6 Å². The number of likely N-dealkylation sites (N-methyl/N-ethyl adjacent to an activating group) is 1. The van der Waals surface area contributed by atoms with Crippen molar-refractivity contribution in [2.75, 3.05) is 38.1 Å². The van der Waals surface area contributed by atoms with Gasteiger partial charge in [-0.05, 0) is 69.3 Å². The number of carbonyl (C=O) groups is 1. The summed E-state index contributed by atoms with van der Waals surface area (Å²) in [4.78, 5) is 17.4. The molecule has 1 saturated carbocycles. The Morgan fingerprint density at radius 1 is 1.06 bits per heavy atom. The number of amides is 1. The first kappa shape index (κ1) is 22.7. The molecule has 2 N–H and O–H groups in total. The van der Waals surface area contributed by atoms with Crippen LogP contribution in [0.5, 0.6) is 0 Å². The fourth-order valence-corrected chi connectivity index (χ4v) is 5.14. The van der Waals surface area contributed by atoms with Gasteiger partial charge < -0.3 is 15.1 Å². The average molecular weight is 461 g/mol. The second-order valence-electron chi connectivity index (χ2n) is 8.61. The molecule has 2 aliphatic rings. The van der Waals surface area contributed by atoms with Gasteiger partial charge in [0.25, 0.3) is 5.91 Å². The molecule has 1 atom stereocenters. The number of anilines is 1. The van der Waals surface area contributed by atoms with Gasteiger partial charge in [0, 0.05) is 49.0 Å². The van der Waals surface area contributed by atoms with Gasteiger partial charge in [-0.1, -0.05) is 0 Å². The van der Waals surface area contributed by atoms with E-state index in [1.165, 1.54) is 36.4 Å². The van der Waals surface area contributed by atoms with Crippen LogP contribution in [-0.4, -0.2) is 58.5 Å². The summed E-state index contributed by atoms with van der Waals surface area (Å²) in [5.74, 6) is -0.693. The van der Waals surface area contributed by atoms with Crippen molar-refractivity contribution in [3.63, 3.8) is 0 Å². The van der Waals surface area contributed by atoms with Crippen LogP contribution >= 0.6 is 0 Å². The van der Waals surface area contributed by atoms with Crippen LogP contribution in [0.25, 0.3) is 0 Å². The van der Waals surface area contributed by atoms with Crippen molar-refractivity contribution in [3.05, 3.63) is 59.4 Å². The molecule has 2 aromatic rings. The molecule has 1 aliphatic heterocycles. The monoisotopic (exact) mass is 460 g/mol. The van der Waals surface area contributed by atoms with Crippen molar-refractivity contribution >= 4 is 21.6 Å². The van der Waals surface area contributed by atoms with Gasteiger partial charge >= 0.3 is 0 Å². The third-order valence-corrected chi connectivity index (χ3v) is 7.51. The first-order chi connectivity index (χ1) is 15.2. The summed E-state index contributed by atoms with van der Waals surface area (Å²) in [5.41, 5.74) is 1.98. The number of nitrogens with zero attached hydrogens (tertiary/aromatic N) is 2. The third kappa shape index (κ3) is 5.28. The lowest BCUT2D eigenvalue weighted by Gasteiger charge is -2.36. The summed E-state index contributed by atoms with van der Waals surface area (Å²) in [6, 6.07) is 10.1. The largest absolute Gasteiger partial charge is 0.369 e. The molecule has 1 saturated heterocycles. The van der Waals surface area contributed by atoms with Gasteiger partial charge in [0.1, 0.15) is 5.82 Å². The number of piperazine rings is 1. The average Bonchev–Trinajstić information content (AvgIpc) is 3.58. The molecule has 0 aromatic heterocycles. The zero-order valence-corrected chi connectivity index (χ0v) is 19.2. The van der Waals surface area contributed by atoms with E-state index in [9.17, 15) is 17.6 Å². The Morgan fingerprint density at radius 2 is 1.72 bits per heavy atom. The zero-order valence-electron chi connectivity index (χ0n) is 18.3. The topological polar surface area (TPSA) is 81.7 Å². The minimum atomic E-state index is -3.56. The SMILES string of the molecule is CC(NC(=O)c1ccc(S(=O)(=O)NC2CC2)cc1)c1cc(F)ccc1N1CCN(C)CC1. The van der Waals surface area contributed by atoms with Gasteiger partial charge in [-0.3, -0.25) is 4.79 Å². The van der Waals surface area contributed by atoms with Crippen molar-refractivity contribution in [2.24, 2.45) is 0 Å². The van der Waals surface area contributed by atoms with Crippen LogP contribution < -0.4 is 14.9 Å². The lowest BCUT2D eigenvalue weighted by Crippen LogP contribution is -2.45. The van der Waals surface area contributed by atoms with Crippen LogP contribution in [0.2, 0.25) is 0 Å². The Balaban J connectivity index is 1.47. The highest BCUT2D eigenvalue weighted by molar-refractivity contribution is 7.89. The Kier molecular flexibility index (Phi) is 6.50. The normalized spacial score (nSPS) is 18.4. The maximum Gasteiger partial charge on any atom is 0.251 e. The number of benzene rings is 2. The molecule has 172 valence electrons. The van der Waals surface area contributed by atoms with Crippen molar-refractivity contribution in [1.82, 2.24) is 14.9 Å². The van der Waals surface area contributed by atoms with E-state index in [-0.39, 0.29) is 22.7 Å². The Hall–Kier alpha value is -2.49. The first-order valence-corrected chi connectivity index (χ1v) is 12.4. The maximum absolute atomic E-state index is 14.0. The number of rotatable bonds is 7. The van der Waals surface area contributed by atoms with Crippen molar-refractivity contribution in [2.45, 2.75) is 36.7 Å². The number of halogens is 1. The molecule has 0 spiro atoms. The van der Waals surface area contributed by atoms with Gasteiger partial charge in [-0.25, -0.2) is 17.5 Å². The van der Waals surface area contributed by atoms with Crippen LogP contribution in [0.15, 0.2) is 47.4 Å². The maximum atomic E-state index is 14.0. The smallest absolute Gasteiger partial charge is 0.251 e. The van der Waals surface area contributed by atoms with E-state index in [1.54, 1.807) is 6.07 Å². The number of carbonyl (C=O) groups excluding carboxylic acids is 1. The predicted molar refractivity (Wildman–Crippen MR) is 122 cm³/mol. The van der Waals surface area contributed by atoms with E-state index >= 15 is 0 Å². The minimum absolute atomic E-state index is 0.0181. The summed E-state index contributed by atoms with van der Waals surface area (Å²) < 4.78 is 41.3. The van der Waals surface area contributed by atoms with Crippen LogP contribution in [0.1, 0.15) is 41.7 Å².